The van der Waals surface area contributed by atoms with Gasteiger partial charge in [-0.25, -0.2) is 15.4 Å². The number of anilines is 1. The van der Waals surface area contributed by atoms with Crippen molar-refractivity contribution in [3.05, 3.63) is 81.6 Å². The van der Waals surface area contributed by atoms with Gasteiger partial charge in [0.2, 0.25) is 5.95 Å². The summed E-state index contributed by atoms with van der Waals surface area (Å²) in [5.41, 5.74) is 5.10. The molecular weight excluding hydrogens is 382 g/mol. The van der Waals surface area contributed by atoms with Crippen LogP contribution in [0.15, 0.2) is 70.2 Å². The second kappa shape index (κ2) is 7.45. The monoisotopic (exact) mass is 393 g/mol. The van der Waals surface area contributed by atoms with E-state index in [0.29, 0.717) is 5.02 Å². The number of benzene rings is 2. The largest absolute Gasteiger partial charge is 0.433 e. The Morgan fingerprint density at radius 2 is 1.86 bits per heavy atom. The number of para-hydroxylation sites is 1. The normalized spacial score (nSPS) is 11.2. The predicted octanol–water partition coefficient (Wildman–Crippen LogP) is 4.90. The van der Waals surface area contributed by atoms with Gasteiger partial charge in [-0.1, -0.05) is 41.9 Å². The van der Waals surface area contributed by atoms with Gasteiger partial charge in [0, 0.05) is 16.0 Å². The number of furan rings is 1. The van der Waals surface area contributed by atoms with E-state index in [1.807, 2.05) is 36.4 Å². The molecule has 0 unspecified atom stereocenters. The molecule has 0 spiro atoms. The number of fused-ring (bicyclic) bond motifs is 1. The Balaban J connectivity index is 1.66. The van der Waals surface area contributed by atoms with Crippen LogP contribution in [0.1, 0.15) is 5.76 Å². The van der Waals surface area contributed by atoms with E-state index in [4.69, 9.17) is 16.0 Å². The highest BCUT2D eigenvalue weighted by molar-refractivity contribution is 6.30. The summed E-state index contributed by atoms with van der Waals surface area (Å²) in [5, 5.41) is 16.2. The first-order valence-electron chi connectivity index (χ1n) is 8.16. The molecule has 28 heavy (non-hydrogen) atoms. The van der Waals surface area contributed by atoms with Crippen LogP contribution >= 0.6 is 11.6 Å². The van der Waals surface area contributed by atoms with E-state index in [2.05, 4.69) is 20.5 Å². The zero-order valence-electron chi connectivity index (χ0n) is 14.2. The molecule has 0 radical (unpaired) electrons. The second-order valence-electron chi connectivity index (χ2n) is 5.72. The molecule has 2 heterocycles. The van der Waals surface area contributed by atoms with E-state index in [-0.39, 0.29) is 17.6 Å². The van der Waals surface area contributed by atoms with Gasteiger partial charge in [-0.15, -0.1) is 0 Å². The minimum absolute atomic E-state index is 0.234. The summed E-state index contributed by atoms with van der Waals surface area (Å²) in [6.45, 7) is 0. The number of nitrogens with zero attached hydrogens (tertiary/aromatic N) is 4. The molecule has 0 saturated carbocycles. The van der Waals surface area contributed by atoms with E-state index < -0.39 is 4.92 Å². The number of nitrogens with one attached hydrogen (secondary N) is 1. The third-order valence-corrected chi connectivity index (χ3v) is 4.12. The number of rotatable bonds is 5. The highest BCUT2D eigenvalue weighted by Crippen LogP contribution is 2.28. The molecule has 2 aromatic carbocycles. The van der Waals surface area contributed by atoms with Crippen LogP contribution in [0.5, 0.6) is 0 Å². The maximum absolute atomic E-state index is 10.7. The molecule has 4 rings (SSSR count). The maximum atomic E-state index is 10.7. The first-order chi connectivity index (χ1) is 13.6. The summed E-state index contributed by atoms with van der Waals surface area (Å²) in [4.78, 5) is 19.0. The Kier molecular flexibility index (Phi) is 4.69. The molecule has 0 aliphatic carbocycles. The molecule has 138 valence electrons. The first-order valence-corrected chi connectivity index (χ1v) is 8.54. The molecule has 0 aliphatic rings. The van der Waals surface area contributed by atoms with Crippen molar-refractivity contribution in [1.82, 2.24) is 9.97 Å². The van der Waals surface area contributed by atoms with Gasteiger partial charge in [-0.2, -0.15) is 5.10 Å². The predicted molar refractivity (Wildman–Crippen MR) is 107 cm³/mol. The van der Waals surface area contributed by atoms with E-state index in [1.165, 1.54) is 18.3 Å². The lowest BCUT2D eigenvalue weighted by Gasteiger charge is -2.08. The summed E-state index contributed by atoms with van der Waals surface area (Å²) in [6, 6.07) is 17.7. The minimum Gasteiger partial charge on any atom is -0.400 e. The van der Waals surface area contributed by atoms with Crippen LogP contribution in [-0.4, -0.2) is 21.1 Å². The van der Waals surface area contributed by atoms with Crippen molar-refractivity contribution in [2.45, 2.75) is 0 Å². The summed E-state index contributed by atoms with van der Waals surface area (Å²) >= 11 is 5.98. The Hall–Kier alpha value is -3.78. The van der Waals surface area contributed by atoms with Crippen molar-refractivity contribution < 1.29 is 9.34 Å². The number of hydrogen-bond acceptors (Lipinski definition) is 7. The molecular formula is C19H12ClN5O3. The van der Waals surface area contributed by atoms with Crippen LogP contribution in [-0.2, 0) is 0 Å². The molecule has 1 N–H and O–H groups in total. The average Bonchev–Trinajstić information content (AvgIpc) is 3.17. The summed E-state index contributed by atoms with van der Waals surface area (Å²) in [7, 11) is 0. The minimum atomic E-state index is -0.615. The van der Waals surface area contributed by atoms with Crippen LogP contribution in [0.4, 0.5) is 11.8 Å². The number of halogens is 1. The molecule has 0 fully saturated rings. The highest BCUT2D eigenvalue weighted by atomic mass is 35.5. The number of nitro groups is 1. The molecule has 9 heteroatoms. The SMILES string of the molecule is O=[N+]([O-])c1ccc(/C=N/Nc2nc(-c3ccc(Cl)cc3)c3ccccc3n2)o1. The molecule has 0 bridgehead atoms. The van der Waals surface area contributed by atoms with Crippen LogP contribution in [0, 0.1) is 10.1 Å². The van der Waals surface area contributed by atoms with E-state index in [9.17, 15) is 10.1 Å². The third-order valence-electron chi connectivity index (χ3n) is 3.87. The van der Waals surface area contributed by atoms with Gasteiger partial charge in [0.25, 0.3) is 0 Å². The van der Waals surface area contributed by atoms with Crippen molar-refractivity contribution in [3.63, 3.8) is 0 Å². The Morgan fingerprint density at radius 1 is 1.07 bits per heavy atom. The lowest BCUT2D eigenvalue weighted by Crippen LogP contribution is -1.99. The zero-order valence-corrected chi connectivity index (χ0v) is 15.0. The van der Waals surface area contributed by atoms with E-state index >= 15 is 0 Å². The van der Waals surface area contributed by atoms with Crippen molar-refractivity contribution in [2.24, 2.45) is 5.10 Å². The maximum Gasteiger partial charge on any atom is 0.433 e. The quantitative estimate of drug-likeness (QED) is 0.293. The molecule has 0 atom stereocenters. The molecule has 2 aromatic heterocycles. The van der Waals surface area contributed by atoms with Crippen LogP contribution < -0.4 is 5.43 Å². The van der Waals surface area contributed by atoms with Gasteiger partial charge in [0.1, 0.15) is 4.92 Å². The fraction of sp³-hybridized carbons (Fsp3) is 0. The van der Waals surface area contributed by atoms with Gasteiger partial charge in [-0.3, -0.25) is 10.1 Å². The van der Waals surface area contributed by atoms with Crippen molar-refractivity contribution in [1.29, 1.82) is 0 Å². The fourth-order valence-electron chi connectivity index (χ4n) is 2.62. The first kappa shape index (κ1) is 17.6. The van der Waals surface area contributed by atoms with Crippen molar-refractivity contribution in [2.75, 3.05) is 5.43 Å². The molecule has 8 nitrogen and oxygen atoms in total. The van der Waals surface area contributed by atoms with E-state index in [0.717, 1.165) is 22.2 Å². The molecule has 0 aliphatic heterocycles. The average molecular weight is 394 g/mol. The molecule has 4 aromatic rings. The number of aromatic nitrogens is 2. The number of hydrazone groups is 1. The molecule has 0 saturated heterocycles. The summed E-state index contributed by atoms with van der Waals surface area (Å²) in [5.74, 6) is 0.160. The van der Waals surface area contributed by atoms with Crippen molar-refractivity contribution >= 4 is 40.6 Å². The second-order valence-corrected chi connectivity index (χ2v) is 6.16. The van der Waals surface area contributed by atoms with Gasteiger partial charge in [0.15, 0.2) is 5.76 Å². The van der Waals surface area contributed by atoms with Crippen molar-refractivity contribution in [3.8, 4) is 11.3 Å². The van der Waals surface area contributed by atoms with Crippen LogP contribution in [0.25, 0.3) is 22.2 Å². The lowest BCUT2D eigenvalue weighted by atomic mass is 10.1. The standard InChI is InChI=1S/C19H12ClN5O3/c20-13-7-5-12(6-8-13)18-15-3-1-2-4-16(15)22-19(23-18)24-21-11-14-9-10-17(28-14)25(26)27/h1-11H,(H,22,23,24)/b21-11+. The Morgan fingerprint density at radius 3 is 2.61 bits per heavy atom. The summed E-state index contributed by atoms with van der Waals surface area (Å²) < 4.78 is 5.02. The lowest BCUT2D eigenvalue weighted by molar-refractivity contribution is -0.402. The molecule has 0 amide bonds. The Bertz CT molecular complexity index is 1190. The van der Waals surface area contributed by atoms with E-state index in [1.54, 1.807) is 12.1 Å². The fourth-order valence-corrected chi connectivity index (χ4v) is 2.74. The smallest absolute Gasteiger partial charge is 0.400 e. The van der Waals surface area contributed by atoms with Gasteiger partial charge in [0.05, 0.1) is 23.5 Å². The van der Waals surface area contributed by atoms with Gasteiger partial charge < -0.3 is 4.42 Å². The zero-order chi connectivity index (χ0) is 19.5. The highest BCUT2D eigenvalue weighted by Gasteiger charge is 2.11. The Labute approximate surface area is 163 Å². The topological polar surface area (TPSA) is 106 Å². The van der Waals surface area contributed by atoms with Crippen LogP contribution in [0.2, 0.25) is 5.02 Å². The van der Waals surface area contributed by atoms with Crippen LogP contribution in [0.3, 0.4) is 0 Å². The van der Waals surface area contributed by atoms with Gasteiger partial charge >= 0.3 is 5.88 Å². The summed E-state index contributed by atoms with van der Waals surface area (Å²) in [6.07, 6.45) is 1.31. The van der Waals surface area contributed by atoms with Gasteiger partial charge in [-0.05, 0) is 24.3 Å². The third kappa shape index (κ3) is 3.67. The number of hydrogen-bond donors (Lipinski definition) is 1.